The van der Waals surface area contributed by atoms with E-state index in [4.69, 9.17) is 10.5 Å². The first-order valence-electron chi connectivity index (χ1n) is 5.93. The SMILES string of the molecule is CCCC(C)Oc1c(F)cc(CCN)cc1F. The molecule has 0 saturated carbocycles. The summed E-state index contributed by atoms with van der Waals surface area (Å²) in [5, 5.41) is 0. The van der Waals surface area contributed by atoms with E-state index in [-0.39, 0.29) is 11.9 Å². The van der Waals surface area contributed by atoms with Gasteiger partial charge in [0.15, 0.2) is 17.4 Å². The van der Waals surface area contributed by atoms with E-state index >= 15 is 0 Å². The summed E-state index contributed by atoms with van der Waals surface area (Å²) in [7, 11) is 0. The number of ether oxygens (including phenoxy) is 1. The molecule has 1 rings (SSSR count). The maximum absolute atomic E-state index is 13.6. The van der Waals surface area contributed by atoms with Gasteiger partial charge in [0.25, 0.3) is 0 Å². The zero-order valence-corrected chi connectivity index (χ0v) is 10.3. The lowest BCUT2D eigenvalue weighted by Crippen LogP contribution is -2.13. The van der Waals surface area contributed by atoms with Crippen molar-refractivity contribution in [2.24, 2.45) is 5.73 Å². The third-order valence-corrected chi connectivity index (χ3v) is 2.51. The summed E-state index contributed by atoms with van der Waals surface area (Å²) in [5.74, 6) is -1.60. The minimum atomic E-state index is -0.656. The average molecular weight is 243 g/mol. The molecule has 1 aromatic carbocycles. The van der Waals surface area contributed by atoms with Gasteiger partial charge in [-0.2, -0.15) is 0 Å². The van der Waals surface area contributed by atoms with Gasteiger partial charge in [-0.15, -0.1) is 0 Å². The van der Waals surface area contributed by atoms with Gasteiger partial charge in [-0.05, 0) is 44.0 Å². The summed E-state index contributed by atoms with van der Waals surface area (Å²) < 4.78 is 32.5. The highest BCUT2D eigenvalue weighted by atomic mass is 19.1. The van der Waals surface area contributed by atoms with Crippen LogP contribution in [0.3, 0.4) is 0 Å². The van der Waals surface area contributed by atoms with Crippen molar-refractivity contribution in [1.29, 1.82) is 0 Å². The van der Waals surface area contributed by atoms with E-state index in [0.717, 1.165) is 12.8 Å². The molecule has 0 aliphatic rings. The second kappa shape index (κ2) is 6.55. The number of benzene rings is 1. The third kappa shape index (κ3) is 3.97. The van der Waals surface area contributed by atoms with Crippen molar-refractivity contribution in [3.8, 4) is 5.75 Å². The molecule has 0 fully saturated rings. The largest absolute Gasteiger partial charge is 0.485 e. The molecule has 0 aromatic heterocycles. The highest BCUT2D eigenvalue weighted by molar-refractivity contribution is 5.31. The van der Waals surface area contributed by atoms with Crippen LogP contribution in [0.1, 0.15) is 32.3 Å². The molecule has 0 aliphatic heterocycles. The predicted molar refractivity (Wildman–Crippen MR) is 64.1 cm³/mol. The zero-order valence-electron chi connectivity index (χ0n) is 10.3. The number of hydrogen-bond donors (Lipinski definition) is 1. The Morgan fingerprint density at radius 3 is 2.35 bits per heavy atom. The van der Waals surface area contributed by atoms with E-state index in [1.807, 2.05) is 6.92 Å². The average Bonchev–Trinajstić information content (AvgIpc) is 2.24. The van der Waals surface area contributed by atoms with Crippen LogP contribution in [0.15, 0.2) is 12.1 Å². The molecule has 2 N–H and O–H groups in total. The Kier molecular flexibility index (Phi) is 5.35. The molecule has 0 amide bonds. The van der Waals surface area contributed by atoms with Crippen molar-refractivity contribution >= 4 is 0 Å². The molecule has 1 unspecified atom stereocenters. The van der Waals surface area contributed by atoms with Gasteiger partial charge in [-0.25, -0.2) is 8.78 Å². The molecule has 0 saturated heterocycles. The molecule has 0 spiro atoms. The first-order valence-corrected chi connectivity index (χ1v) is 5.93. The molecular formula is C13H19F2NO. The second-order valence-corrected chi connectivity index (χ2v) is 4.14. The first-order chi connectivity index (χ1) is 8.08. The van der Waals surface area contributed by atoms with Crippen LogP contribution in [-0.2, 0) is 6.42 Å². The van der Waals surface area contributed by atoms with E-state index in [9.17, 15) is 8.78 Å². The fourth-order valence-electron chi connectivity index (χ4n) is 1.70. The van der Waals surface area contributed by atoms with Crippen LogP contribution in [0, 0.1) is 11.6 Å². The van der Waals surface area contributed by atoms with Gasteiger partial charge in [-0.3, -0.25) is 0 Å². The molecule has 0 bridgehead atoms. The number of hydrogen-bond acceptors (Lipinski definition) is 2. The van der Waals surface area contributed by atoms with Gasteiger partial charge in [0, 0.05) is 0 Å². The number of halogens is 2. The Morgan fingerprint density at radius 1 is 1.29 bits per heavy atom. The minimum absolute atomic E-state index is 0.190. The fraction of sp³-hybridized carbons (Fsp3) is 0.538. The first kappa shape index (κ1) is 13.9. The van der Waals surface area contributed by atoms with E-state index in [1.165, 1.54) is 12.1 Å². The van der Waals surface area contributed by atoms with Crippen molar-refractivity contribution < 1.29 is 13.5 Å². The Balaban J connectivity index is 2.85. The van der Waals surface area contributed by atoms with Crippen molar-refractivity contribution in [3.05, 3.63) is 29.3 Å². The molecule has 0 aliphatic carbocycles. The normalized spacial score (nSPS) is 12.5. The highest BCUT2D eigenvalue weighted by Crippen LogP contribution is 2.25. The van der Waals surface area contributed by atoms with E-state index in [0.29, 0.717) is 18.5 Å². The predicted octanol–water partition coefficient (Wildman–Crippen LogP) is 3.03. The second-order valence-electron chi connectivity index (χ2n) is 4.14. The molecule has 0 heterocycles. The molecule has 0 radical (unpaired) electrons. The smallest absolute Gasteiger partial charge is 0.191 e. The summed E-state index contributed by atoms with van der Waals surface area (Å²) in [6.45, 7) is 4.17. The Bertz CT molecular complexity index is 345. The summed E-state index contributed by atoms with van der Waals surface area (Å²) in [6.07, 6.45) is 1.95. The van der Waals surface area contributed by atoms with Crippen molar-refractivity contribution in [2.75, 3.05) is 6.54 Å². The summed E-state index contributed by atoms with van der Waals surface area (Å²) >= 11 is 0. The van der Waals surface area contributed by atoms with Crippen molar-refractivity contribution in [3.63, 3.8) is 0 Å². The van der Waals surface area contributed by atoms with Crippen LogP contribution in [0.2, 0.25) is 0 Å². The third-order valence-electron chi connectivity index (χ3n) is 2.51. The zero-order chi connectivity index (χ0) is 12.8. The summed E-state index contributed by atoms with van der Waals surface area (Å²) in [6, 6.07) is 2.56. The van der Waals surface area contributed by atoms with Gasteiger partial charge in [0.1, 0.15) is 0 Å². The van der Waals surface area contributed by atoms with Crippen LogP contribution in [0.25, 0.3) is 0 Å². The Hall–Kier alpha value is -1.16. The molecule has 96 valence electrons. The van der Waals surface area contributed by atoms with Crippen molar-refractivity contribution in [1.82, 2.24) is 0 Å². The van der Waals surface area contributed by atoms with E-state index in [1.54, 1.807) is 6.92 Å². The van der Waals surface area contributed by atoms with Crippen molar-refractivity contribution in [2.45, 2.75) is 39.2 Å². The Labute approximate surface area is 101 Å². The standard InChI is InChI=1S/C13H19F2NO/c1-3-4-9(2)17-13-11(14)7-10(5-6-16)8-12(13)15/h7-9H,3-6,16H2,1-2H3. The van der Waals surface area contributed by atoms with Crippen LogP contribution in [0.5, 0.6) is 5.75 Å². The highest BCUT2D eigenvalue weighted by Gasteiger charge is 2.15. The summed E-state index contributed by atoms with van der Waals surface area (Å²) in [5.41, 5.74) is 5.90. The number of rotatable bonds is 6. The lowest BCUT2D eigenvalue weighted by atomic mass is 10.1. The molecular weight excluding hydrogens is 224 g/mol. The quantitative estimate of drug-likeness (QED) is 0.833. The van der Waals surface area contributed by atoms with Crippen LogP contribution in [0.4, 0.5) is 8.78 Å². The van der Waals surface area contributed by atoms with Crippen LogP contribution in [-0.4, -0.2) is 12.6 Å². The topological polar surface area (TPSA) is 35.2 Å². The van der Waals surface area contributed by atoms with E-state index < -0.39 is 11.6 Å². The monoisotopic (exact) mass is 243 g/mol. The lowest BCUT2D eigenvalue weighted by Gasteiger charge is -2.15. The Morgan fingerprint density at radius 2 is 1.88 bits per heavy atom. The maximum Gasteiger partial charge on any atom is 0.191 e. The molecule has 1 atom stereocenters. The molecule has 17 heavy (non-hydrogen) atoms. The van der Waals surface area contributed by atoms with Gasteiger partial charge >= 0.3 is 0 Å². The molecule has 1 aromatic rings. The lowest BCUT2D eigenvalue weighted by molar-refractivity contribution is 0.191. The van der Waals surface area contributed by atoms with Gasteiger partial charge < -0.3 is 10.5 Å². The molecule has 4 heteroatoms. The number of nitrogens with two attached hydrogens (primary N) is 1. The van der Waals surface area contributed by atoms with Gasteiger partial charge in [-0.1, -0.05) is 13.3 Å². The fourth-order valence-corrected chi connectivity index (χ4v) is 1.70. The minimum Gasteiger partial charge on any atom is -0.485 e. The van der Waals surface area contributed by atoms with Crippen LogP contribution < -0.4 is 10.5 Å². The summed E-state index contributed by atoms with van der Waals surface area (Å²) in [4.78, 5) is 0. The van der Waals surface area contributed by atoms with E-state index in [2.05, 4.69) is 0 Å². The van der Waals surface area contributed by atoms with Crippen LogP contribution >= 0.6 is 0 Å². The molecule has 2 nitrogen and oxygen atoms in total. The van der Waals surface area contributed by atoms with Gasteiger partial charge in [0.05, 0.1) is 6.10 Å². The van der Waals surface area contributed by atoms with Gasteiger partial charge in [0.2, 0.25) is 0 Å². The maximum atomic E-state index is 13.6.